The second-order valence-electron chi connectivity index (χ2n) is 7.21. The quantitative estimate of drug-likeness (QED) is 0.756. The molecule has 0 aromatic rings. The summed E-state index contributed by atoms with van der Waals surface area (Å²) in [6, 6.07) is 2.75. The lowest BCUT2D eigenvalue weighted by Gasteiger charge is -2.40. The number of hydrogen-bond donors (Lipinski definition) is 0. The van der Waals surface area contributed by atoms with Gasteiger partial charge in [0.2, 0.25) is 0 Å². The van der Waals surface area contributed by atoms with Gasteiger partial charge >= 0.3 is 0 Å². The molecule has 2 bridgehead atoms. The lowest BCUT2D eigenvalue weighted by atomic mass is 9.93. The van der Waals surface area contributed by atoms with Crippen molar-refractivity contribution in [3.05, 3.63) is 0 Å². The molecule has 104 valence electrons. The van der Waals surface area contributed by atoms with Crippen LogP contribution in [0.3, 0.4) is 0 Å². The van der Waals surface area contributed by atoms with Gasteiger partial charge in [-0.15, -0.1) is 0 Å². The van der Waals surface area contributed by atoms with Gasteiger partial charge in [-0.2, -0.15) is 0 Å². The maximum Gasteiger partial charge on any atom is 0.0242 e. The molecule has 1 aliphatic carbocycles. The summed E-state index contributed by atoms with van der Waals surface area (Å²) in [4.78, 5) is 5.67. The van der Waals surface area contributed by atoms with E-state index in [9.17, 15) is 0 Å². The molecular weight excluding hydrogens is 220 g/mol. The van der Waals surface area contributed by atoms with Gasteiger partial charge in [-0.05, 0) is 38.1 Å². The fourth-order valence-electron chi connectivity index (χ4n) is 4.34. The van der Waals surface area contributed by atoms with Crippen LogP contribution in [0.2, 0.25) is 0 Å². The van der Waals surface area contributed by atoms with Gasteiger partial charge in [0.05, 0.1) is 0 Å². The molecule has 0 aromatic carbocycles. The fraction of sp³-hybridized carbons (Fsp3) is 1.00. The first-order chi connectivity index (χ1) is 8.74. The summed E-state index contributed by atoms with van der Waals surface area (Å²) < 4.78 is 0. The molecule has 0 radical (unpaired) electrons. The van der Waals surface area contributed by atoms with Crippen molar-refractivity contribution in [2.75, 3.05) is 19.6 Å². The highest BCUT2D eigenvalue weighted by atomic mass is 15.4. The number of nitrogens with zero attached hydrogens (tertiary/aromatic N) is 2. The number of fused-ring (bicyclic) bond motifs is 2. The van der Waals surface area contributed by atoms with E-state index in [-0.39, 0.29) is 0 Å². The minimum absolute atomic E-state index is 0.860. The molecule has 0 amide bonds. The second kappa shape index (κ2) is 5.50. The van der Waals surface area contributed by atoms with E-state index in [0.717, 1.165) is 24.0 Å². The Morgan fingerprint density at radius 2 is 1.72 bits per heavy atom. The Hall–Kier alpha value is -0.0800. The van der Waals surface area contributed by atoms with Crippen LogP contribution in [0.4, 0.5) is 0 Å². The molecule has 2 heterocycles. The molecule has 3 fully saturated rings. The van der Waals surface area contributed by atoms with Crippen LogP contribution >= 0.6 is 0 Å². The third-order valence-electron chi connectivity index (χ3n) is 5.43. The predicted octanol–water partition coefficient (Wildman–Crippen LogP) is 3.12. The molecule has 2 saturated heterocycles. The van der Waals surface area contributed by atoms with Gasteiger partial charge in [0.25, 0.3) is 0 Å². The second-order valence-corrected chi connectivity index (χ2v) is 7.21. The highest BCUT2D eigenvalue weighted by Crippen LogP contribution is 2.36. The minimum atomic E-state index is 0.860. The van der Waals surface area contributed by atoms with Gasteiger partial charge in [0.1, 0.15) is 0 Å². The Labute approximate surface area is 113 Å². The van der Waals surface area contributed by atoms with Gasteiger partial charge in [-0.25, -0.2) is 0 Å². The first-order valence-electron chi connectivity index (χ1n) is 8.24. The summed E-state index contributed by atoms with van der Waals surface area (Å²) in [5.41, 5.74) is 0. The highest BCUT2D eigenvalue weighted by molar-refractivity contribution is 5.01. The molecule has 1 saturated carbocycles. The summed E-state index contributed by atoms with van der Waals surface area (Å²) in [5, 5.41) is 0. The van der Waals surface area contributed by atoms with Crippen molar-refractivity contribution in [3.63, 3.8) is 0 Å². The molecule has 0 aromatic heterocycles. The number of likely N-dealkylation sites (tertiary alicyclic amines) is 2. The van der Waals surface area contributed by atoms with E-state index in [1.54, 1.807) is 0 Å². The van der Waals surface area contributed by atoms with Crippen molar-refractivity contribution in [2.45, 2.75) is 76.9 Å². The van der Waals surface area contributed by atoms with Gasteiger partial charge in [-0.3, -0.25) is 9.80 Å². The van der Waals surface area contributed by atoms with Crippen molar-refractivity contribution in [2.24, 2.45) is 5.92 Å². The third-order valence-corrected chi connectivity index (χ3v) is 5.43. The molecule has 2 nitrogen and oxygen atoms in total. The van der Waals surface area contributed by atoms with Gasteiger partial charge in [-0.1, -0.05) is 33.1 Å². The van der Waals surface area contributed by atoms with E-state index >= 15 is 0 Å². The molecule has 2 heteroatoms. The van der Waals surface area contributed by atoms with E-state index in [4.69, 9.17) is 0 Å². The van der Waals surface area contributed by atoms with Crippen molar-refractivity contribution in [1.29, 1.82) is 0 Å². The summed E-state index contributed by atoms with van der Waals surface area (Å²) in [5.74, 6) is 0.860. The molecule has 3 aliphatic rings. The Morgan fingerprint density at radius 1 is 0.944 bits per heavy atom. The molecule has 0 N–H and O–H groups in total. The van der Waals surface area contributed by atoms with Crippen LogP contribution in [0, 0.1) is 5.92 Å². The molecule has 2 atom stereocenters. The molecule has 2 aliphatic heterocycles. The largest absolute Gasteiger partial charge is 0.297 e. The van der Waals surface area contributed by atoms with Crippen molar-refractivity contribution >= 4 is 0 Å². The van der Waals surface area contributed by atoms with Crippen LogP contribution in [0.1, 0.15) is 58.8 Å². The van der Waals surface area contributed by atoms with E-state index in [1.165, 1.54) is 64.6 Å². The monoisotopic (exact) mass is 250 g/mol. The summed E-state index contributed by atoms with van der Waals surface area (Å²) in [6.07, 6.45) is 10.3. The maximum atomic E-state index is 2.88. The zero-order valence-corrected chi connectivity index (χ0v) is 12.3. The smallest absolute Gasteiger partial charge is 0.0242 e. The van der Waals surface area contributed by atoms with Crippen LogP contribution in [0.5, 0.6) is 0 Å². The van der Waals surface area contributed by atoms with Gasteiger partial charge in [0.15, 0.2) is 0 Å². The van der Waals surface area contributed by atoms with Gasteiger partial charge in [0, 0.05) is 31.2 Å². The Bertz CT molecular complexity index is 270. The van der Waals surface area contributed by atoms with Crippen molar-refractivity contribution in [1.82, 2.24) is 9.80 Å². The highest BCUT2D eigenvalue weighted by Gasteiger charge is 2.45. The Balaban J connectivity index is 1.50. The standard InChI is InChI=1S/C16H30N2/c1-13(2)8-9-17-11-16-10-15(17)12-18(16)14-6-4-3-5-7-14/h13-16H,3-12H2,1-2H3. The van der Waals surface area contributed by atoms with E-state index in [0.29, 0.717) is 0 Å². The van der Waals surface area contributed by atoms with Crippen LogP contribution in [-0.2, 0) is 0 Å². The average molecular weight is 250 g/mol. The first kappa shape index (κ1) is 12.9. The lowest BCUT2D eigenvalue weighted by Crippen LogP contribution is -2.51. The van der Waals surface area contributed by atoms with E-state index in [2.05, 4.69) is 23.6 Å². The zero-order valence-electron chi connectivity index (χ0n) is 12.3. The van der Waals surface area contributed by atoms with Gasteiger partial charge < -0.3 is 0 Å². The lowest BCUT2D eigenvalue weighted by molar-refractivity contribution is 0.0727. The molecule has 2 unspecified atom stereocenters. The van der Waals surface area contributed by atoms with E-state index in [1.807, 2.05) is 0 Å². The fourth-order valence-corrected chi connectivity index (χ4v) is 4.34. The van der Waals surface area contributed by atoms with Crippen molar-refractivity contribution in [3.8, 4) is 0 Å². The number of hydrogen-bond acceptors (Lipinski definition) is 2. The zero-order chi connectivity index (χ0) is 12.5. The number of piperazine rings is 1. The molecule has 0 spiro atoms. The van der Waals surface area contributed by atoms with Crippen LogP contribution in [0.15, 0.2) is 0 Å². The van der Waals surface area contributed by atoms with E-state index < -0.39 is 0 Å². The molecule has 3 rings (SSSR count). The van der Waals surface area contributed by atoms with Crippen molar-refractivity contribution < 1.29 is 0 Å². The Morgan fingerprint density at radius 3 is 2.33 bits per heavy atom. The summed E-state index contributed by atoms with van der Waals surface area (Å²) in [6.45, 7) is 8.80. The predicted molar refractivity (Wildman–Crippen MR) is 76.8 cm³/mol. The third kappa shape index (κ3) is 2.60. The number of rotatable bonds is 4. The molecule has 18 heavy (non-hydrogen) atoms. The topological polar surface area (TPSA) is 6.48 Å². The Kier molecular flexibility index (Phi) is 3.95. The normalized spacial score (nSPS) is 34.8. The molecular formula is C16H30N2. The summed E-state index contributed by atoms with van der Waals surface area (Å²) in [7, 11) is 0. The van der Waals surface area contributed by atoms with Crippen LogP contribution in [0.25, 0.3) is 0 Å². The average Bonchev–Trinajstić information content (AvgIpc) is 2.97. The van der Waals surface area contributed by atoms with Crippen LogP contribution in [-0.4, -0.2) is 47.6 Å². The maximum absolute atomic E-state index is 2.88. The minimum Gasteiger partial charge on any atom is -0.297 e. The van der Waals surface area contributed by atoms with Crippen LogP contribution < -0.4 is 0 Å². The summed E-state index contributed by atoms with van der Waals surface area (Å²) >= 11 is 0. The first-order valence-corrected chi connectivity index (χ1v) is 8.24. The SMILES string of the molecule is CC(C)CCN1CC2CC1CN2C1CCCCC1.